The van der Waals surface area contributed by atoms with Crippen LogP contribution in [-0.4, -0.2) is 32.5 Å². The van der Waals surface area contributed by atoms with Crippen molar-refractivity contribution in [3.8, 4) is 0 Å². The van der Waals surface area contributed by atoms with Gasteiger partial charge in [0.05, 0.1) is 11.4 Å². The lowest BCUT2D eigenvalue weighted by molar-refractivity contribution is -0.128. The number of nitrogens with zero attached hydrogens (tertiary/aromatic N) is 3. The van der Waals surface area contributed by atoms with Crippen molar-refractivity contribution < 1.29 is 13.7 Å². The fourth-order valence-corrected chi connectivity index (χ4v) is 4.11. The predicted molar refractivity (Wildman–Crippen MR) is 110 cm³/mol. The Kier molecular flexibility index (Phi) is 4.75. The Balaban J connectivity index is 1.28. The Hall–Kier alpha value is -3.19. The van der Waals surface area contributed by atoms with Gasteiger partial charge in [-0.15, -0.1) is 0 Å². The second-order valence-electron chi connectivity index (χ2n) is 7.51. The van der Waals surface area contributed by atoms with Crippen LogP contribution < -0.4 is 0 Å². The number of aromatic nitrogens is 3. The number of aromatic amines is 1. The van der Waals surface area contributed by atoms with E-state index < -0.39 is 5.82 Å². The van der Waals surface area contributed by atoms with Gasteiger partial charge in [0.25, 0.3) is 0 Å². The van der Waals surface area contributed by atoms with E-state index in [1.807, 2.05) is 30.5 Å². The third-order valence-electron chi connectivity index (χ3n) is 5.44. The molecule has 1 atom stereocenters. The van der Waals surface area contributed by atoms with Crippen molar-refractivity contribution in [2.24, 2.45) is 0 Å². The second-order valence-corrected chi connectivity index (χ2v) is 7.91. The van der Waals surface area contributed by atoms with E-state index in [1.54, 1.807) is 17.0 Å². The minimum Gasteiger partial charge on any atom is -0.361 e. The minimum atomic E-state index is -0.472. The Morgan fingerprint density at radius 3 is 3.00 bits per heavy atom. The predicted octanol–water partition coefficient (Wildman–Crippen LogP) is 4.45. The standard InChI is InChI=1S/C22H18ClFN4O2/c23-17-7-13(5-6-18(17)24)11-28-12-15(9-21(28)29)22-26-20(30-27-22)8-14-10-25-19-4-2-1-3-16(14)19/h1-7,10,15,25H,8-9,11-12H2. The van der Waals surface area contributed by atoms with Crippen molar-refractivity contribution in [1.82, 2.24) is 20.0 Å². The molecule has 1 fully saturated rings. The molecule has 3 heterocycles. The van der Waals surface area contributed by atoms with Gasteiger partial charge in [-0.3, -0.25) is 4.79 Å². The van der Waals surface area contributed by atoms with E-state index in [0.717, 1.165) is 22.0 Å². The molecular formula is C22H18ClFN4O2. The number of likely N-dealkylation sites (tertiary alicyclic amines) is 1. The number of hydrogen-bond acceptors (Lipinski definition) is 4. The van der Waals surface area contributed by atoms with E-state index >= 15 is 0 Å². The van der Waals surface area contributed by atoms with E-state index in [1.165, 1.54) is 6.07 Å². The summed E-state index contributed by atoms with van der Waals surface area (Å²) in [7, 11) is 0. The maximum atomic E-state index is 13.4. The number of carbonyl (C=O) groups is 1. The molecule has 30 heavy (non-hydrogen) atoms. The normalized spacial score (nSPS) is 16.7. The summed E-state index contributed by atoms with van der Waals surface area (Å²) in [5, 5.41) is 5.29. The number of nitrogens with one attached hydrogen (secondary N) is 1. The minimum absolute atomic E-state index is 0.00317. The van der Waals surface area contributed by atoms with E-state index in [4.69, 9.17) is 16.1 Å². The molecule has 2 aromatic heterocycles. The number of hydrogen-bond donors (Lipinski definition) is 1. The van der Waals surface area contributed by atoms with Crippen LogP contribution in [0.5, 0.6) is 0 Å². The van der Waals surface area contributed by atoms with Crippen LogP contribution >= 0.6 is 11.6 Å². The number of fused-ring (bicyclic) bond motifs is 1. The van der Waals surface area contributed by atoms with Gasteiger partial charge in [-0.2, -0.15) is 4.98 Å². The van der Waals surface area contributed by atoms with Crippen LogP contribution in [0, 0.1) is 5.82 Å². The Morgan fingerprint density at radius 2 is 2.13 bits per heavy atom. The third kappa shape index (κ3) is 3.57. The number of carbonyl (C=O) groups excluding carboxylic acids is 1. The van der Waals surface area contributed by atoms with Gasteiger partial charge in [0.1, 0.15) is 5.82 Å². The van der Waals surface area contributed by atoms with Gasteiger partial charge in [0.2, 0.25) is 11.8 Å². The average molecular weight is 425 g/mol. The summed E-state index contributed by atoms with van der Waals surface area (Å²) in [5.74, 6) is 0.460. The maximum Gasteiger partial charge on any atom is 0.231 e. The number of H-pyrrole nitrogens is 1. The molecular weight excluding hydrogens is 407 g/mol. The first-order chi connectivity index (χ1) is 14.6. The van der Waals surface area contributed by atoms with Crippen molar-refractivity contribution in [3.05, 3.63) is 82.3 Å². The molecule has 4 aromatic rings. The molecule has 1 aliphatic heterocycles. The van der Waals surface area contributed by atoms with Crippen LogP contribution in [0.4, 0.5) is 4.39 Å². The zero-order valence-electron chi connectivity index (χ0n) is 15.9. The first kappa shape index (κ1) is 18.8. The van der Waals surface area contributed by atoms with E-state index in [0.29, 0.717) is 37.6 Å². The number of amides is 1. The number of rotatable bonds is 5. The largest absolute Gasteiger partial charge is 0.361 e. The highest BCUT2D eigenvalue weighted by Gasteiger charge is 2.33. The molecule has 1 aliphatic rings. The SMILES string of the molecule is O=C1CC(c2noc(Cc3c[nH]c4ccccc34)n2)CN1Cc1ccc(F)c(Cl)c1. The van der Waals surface area contributed by atoms with Gasteiger partial charge in [-0.05, 0) is 29.3 Å². The molecule has 6 nitrogen and oxygen atoms in total. The van der Waals surface area contributed by atoms with Crippen LogP contribution in [0.1, 0.15) is 35.2 Å². The molecule has 0 radical (unpaired) electrons. The summed E-state index contributed by atoms with van der Waals surface area (Å²) < 4.78 is 18.8. The van der Waals surface area contributed by atoms with Crippen molar-refractivity contribution in [3.63, 3.8) is 0 Å². The van der Waals surface area contributed by atoms with Crippen LogP contribution in [0.15, 0.2) is 53.2 Å². The molecule has 152 valence electrons. The first-order valence-electron chi connectivity index (χ1n) is 9.66. The Bertz CT molecular complexity index is 1230. The van der Waals surface area contributed by atoms with Crippen molar-refractivity contribution in [2.75, 3.05) is 6.54 Å². The number of benzene rings is 2. The van der Waals surface area contributed by atoms with Crippen LogP contribution in [0.25, 0.3) is 10.9 Å². The lowest BCUT2D eigenvalue weighted by atomic mass is 10.1. The van der Waals surface area contributed by atoms with Crippen molar-refractivity contribution >= 4 is 28.4 Å². The zero-order chi connectivity index (χ0) is 20.7. The third-order valence-corrected chi connectivity index (χ3v) is 5.73. The summed E-state index contributed by atoms with van der Waals surface area (Å²) in [6, 6.07) is 12.5. The molecule has 1 unspecified atom stereocenters. The summed E-state index contributed by atoms with van der Waals surface area (Å²) in [6.45, 7) is 0.856. The van der Waals surface area contributed by atoms with E-state index in [9.17, 15) is 9.18 Å². The highest BCUT2D eigenvalue weighted by atomic mass is 35.5. The van der Waals surface area contributed by atoms with Gasteiger partial charge < -0.3 is 14.4 Å². The van der Waals surface area contributed by atoms with Gasteiger partial charge in [-0.25, -0.2) is 4.39 Å². The molecule has 0 saturated carbocycles. The van der Waals surface area contributed by atoms with Crippen molar-refractivity contribution in [2.45, 2.75) is 25.3 Å². The summed E-state index contributed by atoms with van der Waals surface area (Å²) in [5.41, 5.74) is 2.92. The van der Waals surface area contributed by atoms with Gasteiger partial charge in [0, 0.05) is 42.5 Å². The lowest BCUT2D eigenvalue weighted by Crippen LogP contribution is -2.24. The molecule has 0 bridgehead atoms. The molecule has 8 heteroatoms. The summed E-state index contributed by atoms with van der Waals surface area (Å²) in [4.78, 5) is 21.9. The smallest absolute Gasteiger partial charge is 0.231 e. The van der Waals surface area contributed by atoms with E-state index in [2.05, 4.69) is 15.1 Å². The number of para-hydroxylation sites is 1. The summed E-state index contributed by atoms with van der Waals surface area (Å²) in [6.07, 6.45) is 2.79. The number of halogens is 2. The average Bonchev–Trinajstić information content (AvgIpc) is 3.45. The quantitative estimate of drug-likeness (QED) is 0.513. The Morgan fingerprint density at radius 1 is 1.27 bits per heavy atom. The molecule has 0 aliphatic carbocycles. The molecule has 0 spiro atoms. The van der Waals surface area contributed by atoms with Gasteiger partial charge in [0.15, 0.2) is 5.82 Å². The second kappa shape index (κ2) is 7.57. The van der Waals surface area contributed by atoms with Crippen LogP contribution in [0.3, 0.4) is 0 Å². The Labute approximate surface area is 176 Å². The molecule has 1 amide bonds. The lowest BCUT2D eigenvalue weighted by Gasteiger charge is -2.16. The van der Waals surface area contributed by atoms with Crippen molar-refractivity contribution in [1.29, 1.82) is 0 Å². The van der Waals surface area contributed by atoms with Crippen LogP contribution in [0.2, 0.25) is 5.02 Å². The fraction of sp³-hybridized carbons (Fsp3) is 0.227. The molecule has 1 N–H and O–H groups in total. The van der Waals surface area contributed by atoms with Crippen LogP contribution in [-0.2, 0) is 17.8 Å². The highest BCUT2D eigenvalue weighted by Crippen LogP contribution is 2.29. The molecule has 5 rings (SSSR count). The maximum absolute atomic E-state index is 13.4. The summed E-state index contributed by atoms with van der Waals surface area (Å²) >= 11 is 5.84. The molecule has 2 aromatic carbocycles. The van der Waals surface area contributed by atoms with Gasteiger partial charge >= 0.3 is 0 Å². The first-order valence-corrected chi connectivity index (χ1v) is 10.0. The zero-order valence-corrected chi connectivity index (χ0v) is 16.7. The van der Waals surface area contributed by atoms with E-state index in [-0.39, 0.29) is 16.8 Å². The topological polar surface area (TPSA) is 75.0 Å². The monoisotopic (exact) mass is 424 g/mol. The highest BCUT2D eigenvalue weighted by molar-refractivity contribution is 6.30. The fourth-order valence-electron chi connectivity index (χ4n) is 3.90. The molecule has 1 saturated heterocycles. The van der Waals surface area contributed by atoms with Gasteiger partial charge in [-0.1, -0.05) is 41.0 Å².